The predicted octanol–water partition coefficient (Wildman–Crippen LogP) is 1.10. The van der Waals surface area contributed by atoms with Crippen molar-refractivity contribution < 1.29 is 14.3 Å². The molecule has 1 N–H and O–H groups in total. The number of hydrogen-bond donors (Lipinski definition) is 1. The van der Waals surface area contributed by atoms with Crippen LogP contribution in [0.2, 0.25) is 0 Å². The van der Waals surface area contributed by atoms with Crippen LogP contribution >= 0.6 is 0 Å². The molecule has 1 aliphatic carbocycles. The topological polar surface area (TPSA) is 55.4 Å². The van der Waals surface area contributed by atoms with E-state index in [-0.39, 0.29) is 11.8 Å². The number of nitrogens with one attached hydrogen (secondary N) is 1. The highest BCUT2D eigenvalue weighted by atomic mass is 16.5. The van der Waals surface area contributed by atoms with E-state index in [0.29, 0.717) is 5.92 Å². The van der Waals surface area contributed by atoms with Crippen LogP contribution in [0.5, 0.6) is 0 Å². The Morgan fingerprint density at radius 1 is 1.46 bits per heavy atom. The van der Waals surface area contributed by atoms with Crippen LogP contribution in [0.15, 0.2) is 0 Å². The Morgan fingerprint density at radius 3 is 2.38 bits per heavy atom. The second kappa shape index (κ2) is 4.25. The number of amides is 1. The van der Waals surface area contributed by atoms with Crippen LogP contribution in [0.3, 0.4) is 0 Å². The van der Waals surface area contributed by atoms with Gasteiger partial charge in [-0.15, -0.1) is 0 Å². The van der Waals surface area contributed by atoms with Crippen molar-refractivity contribution in [3.63, 3.8) is 0 Å². The Morgan fingerprint density at radius 2 is 2.08 bits per heavy atom. The monoisotopic (exact) mass is 185 g/mol. The molecule has 1 amide bonds. The molecular weight excluding hydrogens is 170 g/mol. The molecule has 1 fully saturated rings. The maximum absolute atomic E-state index is 11.2. The van der Waals surface area contributed by atoms with E-state index in [9.17, 15) is 9.59 Å². The van der Waals surface area contributed by atoms with Crippen molar-refractivity contribution in [1.29, 1.82) is 0 Å². The van der Waals surface area contributed by atoms with Gasteiger partial charge in [-0.05, 0) is 25.7 Å². The van der Waals surface area contributed by atoms with Gasteiger partial charge in [-0.3, -0.25) is 4.79 Å². The summed E-state index contributed by atoms with van der Waals surface area (Å²) in [6.45, 7) is 1.50. The molecule has 4 heteroatoms. The molecule has 0 aromatic heterocycles. The average molecular weight is 185 g/mol. The standard InChI is InChI=1S/C9H15NO3/c1-6(11)8(7-4-3-5-7)10-9(12)13-2/h7-8H,3-5H2,1-2H3,(H,10,12). The normalized spacial score (nSPS) is 18.6. The smallest absolute Gasteiger partial charge is 0.407 e. The Labute approximate surface area is 77.6 Å². The van der Waals surface area contributed by atoms with Gasteiger partial charge < -0.3 is 10.1 Å². The zero-order valence-electron chi connectivity index (χ0n) is 8.00. The van der Waals surface area contributed by atoms with Crippen LogP contribution in [0.4, 0.5) is 4.79 Å². The average Bonchev–Trinajstić information content (AvgIpc) is 1.99. The third-order valence-corrected chi connectivity index (χ3v) is 2.52. The van der Waals surface area contributed by atoms with Crippen LogP contribution in [0.25, 0.3) is 0 Å². The van der Waals surface area contributed by atoms with Crippen molar-refractivity contribution >= 4 is 11.9 Å². The highest BCUT2D eigenvalue weighted by Crippen LogP contribution is 2.29. The van der Waals surface area contributed by atoms with E-state index < -0.39 is 6.09 Å². The highest BCUT2D eigenvalue weighted by Gasteiger charge is 2.31. The molecule has 74 valence electrons. The zero-order valence-corrected chi connectivity index (χ0v) is 8.00. The second-order valence-corrected chi connectivity index (χ2v) is 3.42. The number of ether oxygens (including phenoxy) is 1. The number of methoxy groups -OCH3 is 1. The van der Waals surface area contributed by atoms with Crippen LogP contribution in [-0.2, 0) is 9.53 Å². The maximum Gasteiger partial charge on any atom is 0.407 e. The number of carbonyl (C=O) groups is 2. The minimum atomic E-state index is -0.521. The van der Waals surface area contributed by atoms with Gasteiger partial charge in [0.1, 0.15) is 0 Å². The summed E-state index contributed by atoms with van der Waals surface area (Å²) in [6, 6.07) is -0.346. The minimum absolute atomic E-state index is 0.00935. The Kier molecular flexibility index (Phi) is 3.28. The van der Waals surface area contributed by atoms with E-state index in [1.54, 1.807) is 0 Å². The molecule has 0 aromatic carbocycles. The SMILES string of the molecule is COC(=O)NC(C(C)=O)C1CCC1. The summed E-state index contributed by atoms with van der Waals surface area (Å²) < 4.78 is 4.45. The summed E-state index contributed by atoms with van der Waals surface area (Å²) in [4.78, 5) is 22.0. The molecule has 0 spiro atoms. The van der Waals surface area contributed by atoms with Crippen LogP contribution in [-0.4, -0.2) is 25.0 Å². The molecule has 0 radical (unpaired) electrons. The molecular formula is C9H15NO3. The summed E-state index contributed by atoms with van der Waals surface area (Å²) >= 11 is 0. The maximum atomic E-state index is 11.2. The number of rotatable bonds is 3. The largest absolute Gasteiger partial charge is 0.453 e. The van der Waals surface area contributed by atoms with Gasteiger partial charge in [-0.1, -0.05) is 6.42 Å². The first-order valence-electron chi connectivity index (χ1n) is 4.50. The number of hydrogen-bond acceptors (Lipinski definition) is 3. The van der Waals surface area contributed by atoms with Crippen LogP contribution < -0.4 is 5.32 Å². The Bertz CT molecular complexity index is 211. The van der Waals surface area contributed by atoms with Gasteiger partial charge in [0.2, 0.25) is 0 Å². The molecule has 0 aliphatic heterocycles. The molecule has 1 rings (SSSR count). The van der Waals surface area contributed by atoms with Gasteiger partial charge in [-0.2, -0.15) is 0 Å². The lowest BCUT2D eigenvalue weighted by Crippen LogP contribution is -2.47. The van der Waals surface area contributed by atoms with E-state index in [1.165, 1.54) is 14.0 Å². The molecule has 4 nitrogen and oxygen atoms in total. The molecule has 0 heterocycles. The molecule has 1 aliphatic rings. The van der Waals surface area contributed by atoms with Gasteiger partial charge >= 0.3 is 6.09 Å². The van der Waals surface area contributed by atoms with Crippen molar-refractivity contribution in [2.24, 2.45) is 5.92 Å². The third-order valence-electron chi connectivity index (χ3n) is 2.52. The lowest BCUT2D eigenvalue weighted by Gasteiger charge is -2.32. The van der Waals surface area contributed by atoms with Crippen molar-refractivity contribution in [2.45, 2.75) is 32.2 Å². The van der Waals surface area contributed by atoms with E-state index in [4.69, 9.17) is 0 Å². The van der Waals surface area contributed by atoms with Crippen molar-refractivity contribution in [2.75, 3.05) is 7.11 Å². The van der Waals surface area contributed by atoms with Crippen molar-refractivity contribution in [3.8, 4) is 0 Å². The first-order chi connectivity index (χ1) is 6.15. The molecule has 0 aromatic rings. The fraction of sp³-hybridized carbons (Fsp3) is 0.778. The van der Waals surface area contributed by atoms with E-state index in [1.807, 2.05) is 0 Å². The summed E-state index contributed by atoms with van der Waals surface area (Å²) in [5.74, 6) is 0.326. The number of ketones is 1. The van der Waals surface area contributed by atoms with Gasteiger partial charge in [-0.25, -0.2) is 4.79 Å². The zero-order chi connectivity index (χ0) is 9.84. The Hall–Kier alpha value is -1.06. The predicted molar refractivity (Wildman–Crippen MR) is 47.4 cm³/mol. The first kappa shape index (κ1) is 10.0. The minimum Gasteiger partial charge on any atom is -0.453 e. The van der Waals surface area contributed by atoms with E-state index in [0.717, 1.165) is 19.3 Å². The molecule has 13 heavy (non-hydrogen) atoms. The Balaban J connectivity index is 2.46. The van der Waals surface area contributed by atoms with Gasteiger partial charge in [0, 0.05) is 0 Å². The lowest BCUT2D eigenvalue weighted by atomic mass is 9.78. The van der Waals surface area contributed by atoms with Crippen LogP contribution in [0.1, 0.15) is 26.2 Å². The summed E-state index contributed by atoms with van der Waals surface area (Å²) in [7, 11) is 1.30. The number of Topliss-reactive ketones (excluding diaryl/α,β-unsaturated/α-hetero) is 1. The molecule has 0 saturated heterocycles. The number of alkyl carbamates (subject to hydrolysis) is 1. The highest BCUT2D eigenvalue weighted by molar-refractivity contribution is 5.85. The summed E-state index contributed by atoms with van der Waals surface area (Å²) in [5.41, 5.74) is 0. The fourth-order valence-electron chi connectivity index (χ4n) is 1.51. The fourth-order valence-corrected chi connectivity index (χ4v) is 1.51. The molecule has 1 saturated carbocycles. The number of carbonyl (C=O) groups excluding carboxylic acids is 2. The van der Waals surface area contributed by atoms with Crippen molar-refractivity contribution in [1.82, 2.24) is 5.32 Å². The van der Waals surface area contributed by atoms with Crippen molar-refractivity contribution in [3.05, 3.63) is 0 Å². The first-order valence-corrected chi connectivity index (χ1v) is 4.50. The van der Waals surface area contributed by atoms with E-state index >= 15 is 0 Å². The van der Waals surface area contributed by atoms with Gasteiger partial charge in [0.15, 0.2) is 5.78 Å². The lowest BCUT2D eigenvalue weighted by molar-refractivity contribution is -0.120. The molecule has 1 atom stereocenters. The van der Waals surface area contributed by atoms with E-state index in [2.05, 4.69) is 10.1 Å². The second-order valence-electron chi connectivity index (χ2n) is 3.42. The summed E-state index contributed by atoms with van der Waals surface area (Å²) in [6.07, 6.45) is 2.67. The van der Waals surface area contributed by atoms with Gasteiger partial charge in [0.05, 0.1) is 13.2 Å². The molecule has 0 bridgehead atoms. The summed E-state index contributed by atoms with van der Waals surface area (Å²) in [5, 5.41) is 2.56. The van der Waals surface area contributed by atoms with Crippen LogP contribution in [0, 0.1) is 5.92 Å². The van der Waals surface area contributed by atoms with Gasteiger partial charge in [0.25, 0.3) is 0 Å². The third kappa shape index (κ3) is 2.44. The quantitative estimate of drug-likeness (QED) is 0.716. The molecule has 1 unspecified atom stereocenters.